The zero-order valence-corrected chi connectivity index (χ0v) is 13.7. The Morgan fingerprint density at radius 3 is 2.74 bits per heavy atom. The lowest BCUT2D eigenvalue weighted by Crippen LogP contribution is -2.35. The highest BCUT2D eigenvalue weighted by Gasteiger charge is 2.14. The van der Waals surface area contributed by atoms with Crippen LogP contribution in [0.1, 0.15) is 31.4 Å². The first-order valence-electron chi connectivity index (χ1n) is 6.78. The van der Waals surface area contributed by atoms with Gasteiger partial charge in [0.25, 0.3) is 0 Å². The summed E-state index contributed by atoms with van der Waals surface area (Å²) in [4.78, 5) is 2.42. The summed E-state index contributed by atoms with van der Waals surface area (Å²) in [6.45, 7) is 3.26. The lowest BCUT2D eigenvalue weighted by Gasteiger charge is -2.27. The molecule has 0 saturated heterocycles. The SMILES string of the molecule is CCC(CSC)N(C)CCC(N)c1cccc(Cl)c1. The molecule has 0 aliphatic rings. The van der Waals surface area contributed by atoms with Crippen molar-refractivity contribution in [2.75, 3.05) is 25.6 Å². The number of benzene rings is 1. The average molecular weight is 301 g/mol. The van der Waals surface area contributed by atoms with Gasteiger partial charge in [0, 0.05) is 22.9 Å². The Morgan fingerprint density at radius 1 is 1.42 bits per heavy atom. The molecule has 0 radical (unpaired) electrons. The maximum atomic E-state index is 6.24. The van der Waals surface area contributed by atoms with E-state index in [-0.39, 0.29) is 6.04 Å². The van der Waals surface area contributed by atoms with Crippen molar-refractivity contribution in [1.29, 1.82) is 0 Å². The van der Waals surface area contributed by atoms with Crippen molar-refractivity contribution in [2.45, 2.75) is 31.8 Å². The largest absolute Gasteiger partial charge is 0.324 e. The van der Waals surface area contributed by atoms with E-state index in [1.165, 1.54) is 12.2 Å². The Morgan fingerprint density at radius 2 is 2.16 bits per heavy atom. The highest BCUT2D eigenvalue weighted by Crippen LogP contribution is 2.19. The Labute approximate surface area is 126 Å². The van der Waals surface area contributed by atoms with Crippen molar-refractivity contribution in [3.8, 4) is 0 Å². The molecule has 108 valence electrons. The number of halogens is 1. The molecule has 1 aromatic carbocycles. The number of hydrogen-bond acceptors (Lipinski definition) is 3. The smallest absolute Gasteiger partial charge is 0.0409 e. The molecular weight excluding hydrogens is 276 g/mol. The molecule has 0 aromatic heterocycles. The first kappa shape index (κ1) is 16.8. The maximum Gasteiger partial charge on any atom is 0.0409 e. The van der Waals surface area contributed by atoms with Gasteiger partial charge in [-0.1, -0.05) is 30.7 Å². The topological polar surface area (TPSA) is 29.3 Å². The van der Waals surface area contributed by atoms with E-state index in [1.54, 1.807) is 0 Å². The second-order valence-electron chi connectivity index (χ2n) is 4.95. The summed E-state index contributed by atoms with van der Waals surface area (Å²) >= 11 is 7.90. The number of hydrogen-bond donors (Lipinski definition) is 1. The number of thioether (sulfide) groups is 1. The fraction of sp³-hybridized carbons (Fsp3) is 0.600. The van der Waals surface area contributed by atoms with Crippen molar-refractivity contribution < 1.29 is 0 Å². The third-order valence-electron chi connectivity index (χ3n) is 3.52. The quantitative estimate of drug-likeness (QED) is 0.792. The Bertz CT molecular complexity index is 373. The highest BCUT2D eigenvalue weighted by atomic mass is 35.5. The van der Waals surface area contributed by atoms with E-state index >= 15 is 0 Å². The molecule has 0 bridgehead atoms. The van der Waals surface area contributed by atoms with Gasteiger partial charge in [-0.25, -0.2) is 0 Å². The molecule has 0 amide bonds. The van der Waals surface area contributed by atoms with Gasteiger partial charge < -0.3 is 10.6 Å². The number of rotatable bonds is 8. The number of nitrogens with two attached hydrogens (primary N) is 1. The second kappa shape index (κ2) is 8.85. The Balaban J connectivity index is 2.47. The van der Waals surface area contributed by atoms with Gasteiger partial charge in [-0.2, -0.15) is 11.8 Å². The number of nitrogens with zero attached hydrogens (tertiary/aromatic N) is 1. The molecule has 19 heavy (non-hydrogen) atoms. The second-order valence-corrected chi connectivity index (χ2v) is 6.30. The van der Waals surface area contributed by atoms with Gasteiger partial charge in [-0.05, 0) is 50.4 Å². The predicted octanol–water partition coefficient (Wildman–Crippen LogP) is 3.80. The minimum absolute atomic E-state index is 0.0629. The molecule has 2 nitrogen and oxygen atoms in total. The zero-order valence-electron chi connectivity index (χ0n) is 12.1. The minimum atomic E-state index is 0.0629. The van der Waals surface area contributed by atoms with Gasteiger partial charge in [0.1, 0.15) is 0 Å². The summed E-state index contributed by atoms with van der Waals surface area (Å²) in [6, 6.07) is 8.56. The molecule has 1 aromatic rings. The Kier molecular flexibility index (Phi) is 7.84. The average Bonchev–Trinajstić information content (AvgIpc) is 2.41. The van der Waals surface area contributed by atoms with Crippen LogP contribution in [0.5, 0.6) is 0 Å². The van der Waals surface area contributed by atoms with Crippen LogP contribution in [0.25, 0.3) is 0 Å². The van der Waals surface area contributed by atoms with E-state index in [0.29, 0.717) is 6.04 Å². The van der Waals surface area contributed by atoms with Crippen molar-refractivity contribution in [2.24, 2.45) is 5.73 Å². The first-order chi connectivity index (χ1) is 9.08. The van der Waals surface area contributed by atoms with Crippen LogP contribution in [0.15, 0.2) is 24.3 Å². The van der Waals surface area contributed by atoms with Crippen LogP contribution in [0.2, 0.25) is 5.02 Å². The highest BCUT2D eigenvalue weighted by molar-refractivity contribution is 7.98. The summed E-state index contributed by atoms with van der Waals surface area (Å²) in [5, 5.41) is 0.759. The molecule has 0 heterocycles. The summed E-state index contributed by atoms with van der Waals surface area (Å²) in [6.07, 6.45) is 4.31. The van der Waals surface area contributed by atoms with Gasteiger partial charge in [-0.15, -0.1) is 0 Å². The van der Waals surface area contributed by atoms with E-state index in [4.69, 9.17) is 17.3 Å². The zero-order chi connectivity index (χ0) is 14.3. The van der Waals surface area contributed by atoms with Crippen molar-refractivity contribution in [3.63, 3.8) is 0 Å². The van der Waals surface area contributed by atoms with Gasteiger partial charge >= 0.3 is 0 Å². The molecule has 2 unspecified atom stereocenters. The molecule has 2 atom stereocenters. The molecule has 4 heteroatoms. The van der Waals surface area contributed by atoms with Crippen LogP contribution in [0.3, 0.4) is 0 Å². The fourth-order valence-electron chi connectivity index (χ4n) is 2.18. The fourth-order valence-corrected chi connectivity index (χ4v) is 3.25. The molecule has 0 saturated carbocycles. The summed E-state index contributed by atoms with van der Waals surface area (Å²) in [5.74, 6) is 1.18. The van der Waals surface area contributed by atoms with Gasteiger partial charge in [0.2, 0.25) is 0 Å². The first-order valence-corrected chi connectivity index (χ1v) is 8.55. The lowest BCUT2D eigenvalue weighted by atomic mass is 10.0. The third-order valence-corrected chi connectivity index (χ3v) is 4.48. The van der Waals surface area contributed by atoms with Crippen LogP contribution < -0.4 is 5.73 Å². The lowest BCUT2D eigenvalue weighted by molar-refractivity contribution is 0.247. The standard InChI is InChI=1S/C15H25ClN2S/c1-4-14(11-19-3)18(2)9-8-15(17)12-6-5-7-13(16)10-12/h5-7,10,14-15H,4,8-9,11,17H2,1-3H3. The van der Waals surface area contributed by atoms with Gasteiger partial charge in [0.15, 0.2) is 0 Å². The summed E-state index contributed by atoms with van der Waals surface area (Å²) < 4.78 is 0. The van der Waals surface area contributed by atoms with Crippen LogP contribution in [0, 0.1) is 0 Å². The molecule has 0 aliphatic carbocycles. The molecular formula is C15H25ClN2S. The molecule has 0 fully saturated rings. The van der Waals surface area contributed by atoms with E-state index in [9.17, 15) is 0 Å². The normalized spacial score (nSPS) is 14.6. The molecule has 0 spiro atoms. The van der Waals surface area contributed by atoms with Crippen molar-refractivity contribution >= 4 is 23.4 Å². The van der Waals surface area contributed by atoms with E-state index in [1.807, 2.05) is 30.0 Å². The van der Waals surface area contributed by atoms with Crippen LogP contribution in [0.4, 0.5) is 0 Å². The predicted molar refractivity (Wildman–Crippen MR) is 88.1 cm³/mol. The van der Waals surface area contributed by atoms with Crippen molar-refractivity contribution in [3.05, 3.63) is 34.9 Å². The van der Waals surface area contributed by atoms with E-state index in [2.05, 4.69) is 31.2 Å². The van der Waals surface area contributed by atoms with Gasteiger partial charge in [0.05, 0.1) is 0 Å². The summed E-state index contributed by atoms with van der Waals surface area (Å²) in [7, 11) is 2.19. The van der Waals surface area contributed by atoms with Crippen LogP contribution in [-0.2, 0) is 0 Å². The Hall–Kier alpha value is -0.220. The monoisotopic (exact) mass is 300 g/mol. The van der Waals surface area contributed by atoms with Crippen LogP contribution in [-0.4, -0.2) is 36.5 Å². The molecule has 1 rings (SSSR count). The third kappa shape index (κ3) is 5.74. The molecule has 0 aliphatic heterocycles. The summed E-state index contributed by atoms with van der Waals surface area (Å²) in [5.41, 5.74) is 7.36. The minimum Gasteiger partial charge on any atom is -0.324 e. The van der Waals surface area contributed by atoms with Gasteiger partial charge in [-0.3, -0.25) is 0 Å². The van der Waals surface area contributed by atoms with Crippen LogP contribution >= 0.6 is 23.4 Å². The van der Waals surface area contributed by atoms with Crippen molar-refractivity contribution in [1.82, 2.24) is 4.90 Å². The molecule has 2 N–H and O–H groups in total. The van der Waals surface area contributed by atoms with E-state index < -0.39 is 0 Å². The van der Waals surface area contributed by atoms with E-state index in [0.717, 1.165) is 23.6 Å². The maximum absolute atomic E-state index is 6.24.